The Morgan fingerprint density at radius 1 is 1.24 bits per heavy atom. The van der Waals surface area contributed by atoms with Crippen LogP contribution in [0, 0.1) is 0 Å². The van der Waals surface area contributed by atoms with Gasteiger partial charge in [0.1, 0.15) is 5.75 Å². The molecule has 0 bridgehead atoms. The van der Waals surface area contributed by atoms with E-state index in [1.807, 2.05) is 6.20 Å². The van der Waals surface area contributed by atoms with Gasteiger partial charge in [-0.2, -0.15) is 0 Å². The lowest BCUT2D eigenvalue weighted by Crippen LogP contribution is -2.15. The summed E-state index contributed by atoms with van der Waals surface area (Å²) < 4.78 is 5.69. The number of ether oxygens (including phenoxy) is 1. The second-order valence-electron chi connectivity index (χ2n) is 5.57. The molecular weight excluding hydrogens is 260 g/mol. The molecule has 1 heterocycles. The fraction of sp³-hybridized carbons (Fsp3) is 0.389. The van der Waals surface area contributed by atoms with E-state index < -0.39 is 0 Å². The minimum atomic E-state index is 0.718. The Labute approximate surface area is 126 Å². The molecule has 3 heteroatoms. The lowest BCUT2D eigenvalue weighted by molar-refractivity contribution is 0.316. The highest BCUT2D eigenvalue weighted by Crippen LogP contribution is 2.27. The molecule has 0 unspecified atom stereocenters. The van der Waals surface area contributed by atoms with Gasteiger partial charge in [-0.05, 0) is 36.5 Å². The van der Waals surface area contributed by atoms with Gasteiger partial charge in [-0.25, -0.2) is 0 Å². The Bertz CT molecular complexity index is 593. The maximum Gasteiger partial charge on any atom is 0.138 e. The Morgan fingerprint density at radius 2 is 2.10 bits per heavy atom. The van der Waals surface area contributed by atoms with Gasteiger partial charge in [0.25, 0.3) is 0 Å². The van der Waals surface area contributed by atoms with E-state index >= 15 is 0 Å². The summed E-state index contributed by atoms with van der Waals surface area (Å²) in [4.78, 5) is 4.32. The molecule has 0 saturated heterocycles. The lowest BCUT2D eigenvalue weighted by Gasteiger charge is -2.11. The maximum atomic E-state index is 5.69. The summed E-state index contributed by atoms with van der Waals surface area (Å²) in [6.45, 7) is 3.76. The zero-order valence-electron chi connectivity index (χ0n) is 12.5. The van der Waals surface area contributed by atoms with Crippen molar-refractivity contribution in [1.82, 2.24) is 10.3 Å². The number of pyridine rings is 1. The minimum Gasteiger partial charge on any atom is -0.492 e. The number of aromatic nitrogens is 1. The van der Waals surface area contributed by atoms with Gasteiger partial charge in [0, 0.05) is 24.3 Å². The van der Waals surface area contributed by atoms with Crippen molar-refractivity contribution >= 4 is 0 Å². The smallest absolute Gasteiger partial charge is 0.138 e. The average molecular weight is 282 g/mol. The van der Waals surface area contributed by atoms with Gasteiger partial charge >= 0.3 is 0 Å². The third kappa shape index (κ3) is 3.82. The number of benzene rings is 1. The summed E-state index contributed by atoms with van der Waals surface area (Å²) in [6.07, 6.45) is 7.32. The molecular formula is C18H22N2O. The van der Waals surface area contributed by atoms with Crippen LogP contribution in [0.15, 0.2) is 42.7 Å². The molecule has 1 aliphatic rings. The van der Waals surface area contributed by atoms with E-state index in [0.717, 1.165) is 36.9 Å². The van der Waals surface area contributed by atoms with Gasteiger partial charge in [-0.1, -0.05) is 31.2 Å². The zero-order chi connectivity index (χ0) is 14.5. The van der Waals surface area contributed by atoms with Crippen LogP contribution in [-0.4, -0.2) is 17.6 Å². The molecule has 1 saturated carbocycles. The number of rotatable bonds is 7. The van der Waals surface area contributed by atoms with Crippen LogP contribution in [0.4, 0.5) is 0 Å². The van der Waals surface area contributed by atoms with Crippen LogP contribution in [0.3, 0.4) is 0 Å². The number of hydrogen-bond acceptors (Lipinski definition) is 3. The predicted octanol–water partition coefficient (Wildman–Crippen LogP) is 3.79. The van der Waals surface area contributed by atoms with E-state index in [2.05, 4.69) is 47.6 Å². The van der Waals surface area contributed by atoms with Crippen molar-refractivity contribution in [2.24, 2.45) is 0 Å². The molecule has 3 rings (SSSR count). The standard InChI is InChI=1S/C18H22N2O/c1-2-9-21-17-10-15(11-19-13-17)18-6-4-3-5-14(18)12-20-16-7-8-16/h3-6,10-11,13,16,20H,2,7-9,12H2,1H3. The molecule has 1 N–H and O–H groups in total. The van der Waals surface area contributed by atoms with Gasteiger partial charge < -0.3 is 10.1 Å². The van der Waals surface area contributed by atoms with E-state index in [1.54, 1.807) is 6.20 Å². The van der Waals surface area contributed by atoms with Gasteiger partial charge in [-0.3, -0.25) is 4.98 Å². The summed E-state index contributed by atoms with van der Waals surface area (Å²) in [6, 6.07) is 11.3. The molecule has 1 aliphatic carbocycles. The van der Waals surface area contributed by atoms with E-state index in [0.29, 0.717) is 0 Å². The highest BCUT2D eigenvalue weighted by atomic mass is 16.5. The summed E-state index contributed by atoms with van der Waals surface area (Å²) in [7, 11) is 0. The largest absolute Gasteiger partial charge is 0.492 e. The SMILES string of the molecule is CCCOc1cncc(-c2ccccc2CNC2CC2)c1. The third-order valence-electron chi connectivity index (χ3n) is 3.67. The third-order valence-corrected chi connectivity index (χ3v) is 3.67. The highest BCUT2D eigenvalue weighted by molar-refractivity contribution is 5.67. The Hall–Kier alpha value is -1.87. The van der Waals surface area contributed by atoms with Crippen LogP contribution in [0.5, 0.6) is 5.75 Å². The second kappa shape index (κ2) is 6.72. The molecule has 1 aromatic carbocycles. The van der Waals surface area contributed by atoms with E-state index in [-0.39, 0.29) is 0 Å². The van der Waals surface area contributed by atoms with Crippen molar-refractivity contribution in [3.63, 3.8) is 0 Å². The molecule has 2 aromatic rings. The topological polar surface area (TPSA) is 34.1 Å². The fourth-order valence-electron chi connectivity index (χ4n) is 2.36. The molecule has 1 aromatic heterocycles. The van der Waals surface area contributed by atoms with Crippen LogP contribution >= 0.6 is 0 Å². The van der Waals surface area contributed by atoms with Crippen molar-refractivity contribution < 1.29 is 4.74 Å². The molecule has 21 heavy (non-hydrogen) atoms. The number of nitrogens with one attached hydrogen (secondary N) is 1. The zero-order valence-corrected chi connectivity index (χ0v) is 12.5. The van der Waals surface area contributed by atoms with Crippen LogP contribution < -0.4 is 10.1 Å². The van der Waals surface area contributed by atoms with Crippen LogP contribution in [0.2, 0.25) is 0 Å². The van der Waals surface area contributed by atoms with Crippen molar-refractivity contribution in [2.75, 3.05) is 6.61 Å². The van der Waals surface area contributed by atoms with Crippen LogP contribution in [-0.2, 0) is 6.54 Å². The second-order valence-corrected chi connectivity index (χ2v) is 5.57. The average Bonchev–Trinajstić information content (AvgIpc) is 3.36. The first-order valence-electron chi connectivity index (χ1n) is 7.76. The molecule has 0 spiro atoms. The molecule has 0 aliphatic heterocycles. The summed E-state index contributed by atoms with van der Waals surface area (Å²) in [5.74, 6) is 0.847. The molecule has 3 nitrogen and oxygen atoms in total. The Balaban J connectivity index is 1.81. The first-order chi connectivity index (χ1) is 10.4. The lowest BCUT2D eigenvalue weighted by atomic mass is 10.0. The Morgan fingerprint density at radius 3 is 2.90 bits per heavy atom. The monoisotopic (exact) mass is 282 g/mol. The summed E-state index contributed by atoms with van der Waals surface area (Å²) >= 11 is 0. The maximum absolute atomic E-state index is 5.69. The van der Waals surface area contributed by atoms with Crippen LogP contribution in [0.25, 0.3) is 11.1 Å². The number of hydrogen-bond donors (Lipinski definition) is 1. The van der Waals surface area contributed by atoms with E-state index in [4.69, 9.17) is 4.74 Å². The fourth-order valence-corrected chi connectivity index (χ4v) is 2.36. The molecule has 1 fully saturated rings. The molecule has 0 amide bonds. The predicted molar refractivity (Wildman–Crippen MR) is 85.3 cm³/mol. The number of nitrogens with zero attached hydrogens (tertiary/aromatic N) is 1. The van der Waals surface area contributed by atoms with Crippen molar-refractivity contribution in [3.05, 3.63) is 48.3 Å². The summed E-state index contributed by atoms with van der Waals surface area (Å²) in [5.41, 5.74) is 3.68. The summed E-state index contributed by atoms with van der Waals surface area (Å²) in [5, 5.41) is 3.58. The highest BCUT2D eigenvalue weighted by Gasteiger charge is 2.20. The minimum absolute atomic E-state index is 0.718. The van der Waals surface area contributed by atoms with Crippen molar-refractivity contribution in [1.29, 1.82) is 0 Å². The van der Waals surface area contributed by atoms with Gasteiger partial charge in [-0.15, -0.1) is 0 Å². The quantitative estimate of drug-likeness (QED) is 0.839. The first-order valence-corrected chi connectivity index (χ1v) is 7.76. The molecule has 0 atom stereocenters. The normalized spacial score (nSPS) is 14.1. The Kier molecular flexibility index (Phi) is 4.51. The van der Waals surface area contributed by atoms with Gasteiger partial charge in [0.15, 0.2) is 0 Å². The molecule has 0 radical (unpaired) electrons. The van der Waals surface area contributed by atoms with Gasteiger partial charge in [0.05, 0.1) is 12.8 Å². The van der Waals surface area contributed by atoms with E-state index in [1.165, 1.54) is 24.0 Å². The first kappa shape index (κ1) is 14.1. The van der Waals surface area contributed by atoms with Crippen molar-refractivity contribution in [2.45, 2.75) is 38.8 Å². The van der Waals surface area contributed by atoms with Crippen LogP contribution in [0.1, 0.15) is 31.7 Å². The van der Waals surface area contributed by atoms with E-state index in [9.17, 15) is 0 Å². The van der Waals surface area contributed by atoms with Crippen molar-refractivity contribution in [3.8, 4) is 16.9 Å². The van der Waals surface area contributed by atoms with Gasteiger partial charge in [0.2, 0.25) is 0 Å². The molecule has 110 valence electrons.